The first-order valence-corrected chi connectivity index (χ1v) is 10.5. The molecule has 0 fully saturated rings. The van der Waals surface area contributed by atoms with Crippen molar-refractivity contribution in [2.45, 2.75) is 9.79 Å². The third kappa shape index (κ3) is 3.85. The molecular formula is C17H20N2O5S2. The topological polar surface area (TPSA) is 91.8 Å². The van der Waals surface area contributed by atoms with E-state index in [0.717, 1.165) is 8.61 Å². The Bertz CT molecular complexity index is 924. The van der Waals surface area contributed by atoms with Gasteiger partial charge in [-0.05, 0) is 48.5 Å². The molecule has 0 radical (unpaired) electrons. The molecule has 9 heteroatoms. The monoisotopic (exact) mass is 396 g/mol. The molecule has 0 saturated heterocycles. The Morgan fingerprint density at radius 3 is 1.12 bits per heavy atom. The second-order valence-electron chi connectivity index (χ2n) is 5.95. The van der Waals surface area contributed by atoms with Crippen LogP contribution in [0.3, 0.4) is 0 Å². The zero-order valence-electron chi connectivity index (χ0n) is 14.9. The van der Waals surface area contributed by atoms with Crippen LogP contribution in [0, 0.1) is 0 Å². The lowest BCUT2D eigenvalue weighted by Crippen LogP contribution is -2.22. The average Bonchev–Trinajstić information content (AvgIpc) is 2.61. The van der Waals surface area contributed by atoms with Crippen molar-refractivity contribution < 1.29 is 21.6 Å². The molecule has 0 aliphatic carbocycles. The zero-order chi connectivity index (χ0) is 19.7. The summed E-state index contributed by atoms with van der Waals surface area (Å²) in [6, 6.07) is 11.2. The molecule has 2 aromatic carbocycles. The predicted octanol–water partition coefficient (Wildman–Crippen LogP) is 1.42. The van der Waals surface area contributed by atoms with E-state index in [9.17, 15) is 21.6 Å². The normalized spacial score (nSPS) is 12.5. The summed E-state index contributed by atoms with van der Waals surface area (Å²) in [4.78, 5) is 12.7. The lowest BCUT2D eigenvalue weighted by Gasteiger charge is -2.12. The van der Waals surface area contributed by atoms with Gasteiger partial charge in [0.25, 0.3) is 0 Å². The van der Waals surface area contributed by atoms with Gasteiger partial charge in [0.15, 0.2) is 5.78 Å². The molecule has 0 atom stereocenters. The summed E-state index contributed by atoms with van der Waals surface area (Å²) in [6.45, 7) is 0. The summed E-state index contributed by atoms with van der Waals surface area (Å²) in [5, 5.41) is 0. The smallest absolute Gasteiger partial charge is 0.242 e. The van der Waals surface area contributed by atoms with Crippen LogP contribution in [0.25, 0.3) is 0 Å². The molecule has 0 saturated carbocycles. The van der Waals surface area contributed by atoms with Crippen LogP contribution in [-0.4, -0.2) is 59.4 Å². The third-order valence-corrected chi connectivity index (χ3v) is 7.45. The van der Waals surface area contributed by atoms with Crippen molar-refractivity contribution in [3.05, 3.63) is 59.7 Å². The summed E-state index contributed by atoms with van der Waals surface area (Å²) >= 11 is 0. The van der Waals surface area contributed by atoms with Gasteiger partial charge in [0.2, 0.25) is 20.0 Å². The summed E-state index contributed by atoms with van der Waals surface area (Å²) in [7, 11) is -1.41. The van der Waals surface area contributed by atoms with Crippen LogP contribution in [0.1, 0.15) is 15.9 Å². The highest BCUT2D eigenvalue weighted by Gasteiger charge is 2.19. The van der Waals surface area contributed by atoms with Crippen LogP contribution in [0.5, 0.6) is 0 Å². The number of sulfonamides is 2. The van der Waals surface area contributed by atoms with Crippen LogP contribution in [0.15, 0.2) is 58.3 Å². The number of rotatable bonds is 6. The van der Waals surface area contributed by atoms with Gasteiger partial charge < -0.3 is 0 Å². The molecule has 0 N–H and O–H groups in total. The first kappa shape index (κ1) is 20.2. The maximum atomic E-state index is 12.5. The second kappa shape index (κ2) is 7.28. The summed E-state index contributed by atoms with van der Waals surface area (Å²) in [6.07, 6.45) is 0. The van der Waals surface area contributed by atoms with E-state index in [4.69, 9.17) is 0 Å². The Morgan fingerprint density at radius 1 is 0.615 bits per heavy atom. The fourth-order valence-corrected chi connectivity index (χ4v) is 3.95. The fraction of sp³-hybridized carbons (Fsp3) is 0.235. The number of carbonyl (C=O) groups is 1. The van der Waals surface area contributed by atoms with Crippen LogP contribution >= 0.6 is 0 Å². The quantitative estimate of drug-likeness (QED) is 0.689. The Hall–Kier alpha value is -2.07. The number of benzene rings is 2. The van der Waals surface area contributed by atoms with Gasteiger partial charge in [-0.25, -0.2) is 25.4 Å². The molecule has 0 aliphatic rings. The van der Waals surface area contributed by atoms with Gasteiger partial charge >= 0.3 is 0 Å². The van der Waals surface area contributed by atoms with Crippen LogP contribution in [0.2, 0.25) is 0 Å². The Balaban J connectivity index is 2.30. The Labute approximate surface area is 154 Å². The van der Waals surface area contributed by atoms with Crippen molar-refractivity contribution in [2.24, 2.45) is 0 Å². The Kier molecular flexibility index (Phi) is 5.67. The van der Waals surface area contributed by atoms with Gasteiger partial charge in [-0.1, -0.05) is 0 Å². The standard InChI is InChI=1S/C17H20N2O5S2/c1-18(2)25(21,22)15-9-5-13(6-10-15)17(20)14-7-11-16(12-8-14)26(23,24)19(3)4/h5-12H,1-4H3. The first-order valence-electron chi connectivity index (χ1n) is 7.58. The summed E-state index contributed by atoms with van der Waals surface area (Å²) in [5.74, 6) is -0.326. The van der Waals surface area contributed by atoms with Crippen molar-refractivity contribution in [3.63, 3.8) is 0 Å². The average molecular weight is 396 g/mol. The van der Waals surface area contributed by atoms with Gasteiger partial charge in [0.1, 0.15) is 0 Å². The van der Waals surface area contributed by atoms with E-state index in [1.807, 2.05) is 0 Å². The van der Waals surface area contributed by atoms with E-state index >= 15 is 0 Å². The van der Waals surface area contributed by atoms with E-state index in [2.05, 4.69) is 0 Å². The Morgan fingerprint density at radius 2 is 0.885 bits per heavy atom. The molecule has 0 spiro atoms. The minimum Gasteiger partial charge on any atom is -0.289 e. The van der Waals surface area contributed by atoms with E-state index in [-0.39, 0.29) is 15.6 Å². The van der Waals surface area contributed by atoms with Gasteiger partial charge in [-0.15, -0.1) is 0 Å². The lowest BCUT2D eigenvalue weighted by atomic mass is 10.0. The third-order valence-electron chi connectivity index (χ3n) is 3.79. The molecule has 2 aromatic rings. The minimum absolute atomic E-state index is 0.0893. The number of hydrogen-bond donors (Lipinski definition) is 0. The largest absolute Gasteiger partial charge is 0.289 e. The number of nitrogens with zero attached hydrogens (tertiary/aromatic N) is 2. The van der Waals surface area contributed by atoms with Crippen molar-refractivity contribution in [2.75, 3.05) is 28.2 Å². The van der Waals surface area contributed by atoms with Crippen molar-refractivity contribution in [3.8, 4) is 0 Å². The molecule has 0 unspecified atom stereocenters. The fourth-order valence-electron chi connectivity index (χ4n) is 2.14. The second-order valence-corrected chi connectivity index (χ2v) is 10.3. The maximum Gasteiger partial charge on any atom is 0.242 e. The van der Waals surface area contributed by atoms with Crippen LogP contribution < -0.4 is 0 Å². The van der Waals surface area contributed by atoms with E-state index < -0.39 is 20.0 Å². The van der Waals surface area contributed by atoms with E-state index in [1.54, 1.807) is 0 Å². The highest BCUT2D eigenvalue weighted by atomic mass is 32.2. The highest BCUT2D eigenvalue weighted by molar-refractivity contribution is 7.89. The van der Waals surface area contributed by atoms with Crippen LogP contribution in [0.4, 0.5) is 0 Å². The van der Waals surface area contributed by atoms with Gasteiger partial charge in [-0.3, -0.25) is 4.79 Å². The van der Waals surface area contributed by atoms with Crippen molar-refractivity contribution >= 4 is 25.8 Å². The van der Waals surface area contributed by atoms with E-state index in [1.165, 1.54) is 76.7 Å². The number of hydrogen-bond acceptors (Lipinski definition) is 5. The molecule has 26 heavy (non-hydrogen) atoms. The first-order chi connectivity index (χ1) is 12.0. The molecule has 0 heterocycles. The number of ketones is 1. The molecular weight excluding hydrogens is 376 g/mol. The lowest BCUT2D eigenvalue weighted by molar-refractivity contribution is 0.103. The number of carbonyl (C=O) groups excluding carboxylic acids is 1. The van der Waals surface area contributed by atoms with Crippen molar-refractivity contribution in [1.29, 1.82) is 0 Å². The maximum absolute atomic E-state index is 12.5. The summed E-state index contributed by atoms with van der Waals surface area (Å²) < 4.78 is 50.4. The SMILES string of the molecule is CN(C)S(=O)(=O)c1ccc(C(=O)c2ccc(S(=O)(=O)N(C)C)cc2)cc1. The van der Waals surface area contributed by atoms with E-state index in [0.29, 0.717) is 11.1 Å². The zero-order valence-corrected chi connectivity index (χ0v) is 16.5. The molecule has 0 amide bonds. The molecule has 7 nitrogen and oxygen atoms in total. The van der Waals surface area contributed by atoms with Gasteiger partial charge in [-0.2, -0.15) is 0 Å². The van der Waals surface area contributed by atoms with Gasteiger partial charge in [0.05, 0.1) is 9.79 Å². The van der Waals surface area contributed by atoms with Crippen molar-refractivity contribution in [1.82, 2.24) is 8.61 Å². The molecule has 2 rings (SSSR count). The predicted molar refractivity (Wildman–Crippen MR) is 98.1 cm³/mol. The van der Waals surface area contributed by atoms with Crippen LogP contribution in [-0.2, 0) is 20.0 Å². The summed E-state index contributed by atoms with van der Waals surface area (Å²) in [5.41, 5.74) is 0.622. The molecule has 140 valence electrons. The molecule has 0 aromatic heterocycles. The van der Waals surface area contributed by atoms with Gasteiger partial charge in [0, 0.05) is 39.3 Å². The molecule has 0 aliphatic heterocycles. The highest BCUT2D eigenvalue weighted by Crippen LogP contribution is 2.18. The minimum atomic E-state index is -3.56. The molecule has 0 bridgehead atoms.